The van der Waals surface area contributed by atoms with E-state index in [1.54, 1.807) is 21.0 Å². The van der Waals surface area contributed by atoms with Gasteiger partial charge >= 0.3 is 5.97 Å². The number of ether oxygens (including phenoxy) is 4. The summed E-state index contributed by atoms with van der Waals surface area (Å²) in [6.07, 6.45) is 4.37. The van der Waals surface area contributed by atoms with Crippen LogP contribution in [0.1, 0.15) is 83.3 Å². The molecule has 0 bridgehead atoms. The number of carbonyl (C=O) groups excluding carboxylic acids is 2. The summed E-state index contributed by atoms with van der Waals surface area (Å²) >= 11 is 1.10. The van der Waals surface area contributed by atoms with Gasteiger partial charge in [-0.2, -0.15) is 0 Å². The zero-order chi connectivity index (χ0) is 29.6. The molecule has 2 N–H and O–H groups in total. The fourth-order valence-electron chi connectivity index (χ4n) is 6.94. The Labute approximate surface area is 246 Å². The van der Waals surface area contributed by atoms with Gasteiger partial charge in [0.2, 0.25) is 6.79 Å². The number of methoxy groups -OCH3 is 1. The molecule has 1 aliphatic carbocycles. The maximum atomic E-state index is 14.0. The summed E-state index contributed by atoms with van der Waals surface area (Å²) in [5, 5.41) is 21.7. The largest absolute Gasteiger partial charge is 0.497 e. The van der Waals surface area contributed by atoms with Crippen LogP contribution in [0.25, 0.3) is 0 Å². The fourth-order valence-corrected chi connectivity index (χ4v) is 7.79. The first-order chi connectivity index (χ1) is 19.3. The molecule has 41 heavy (non-hydrogen) atoms. The molecular weight excluding hydrogens is 546 g/mol. The lowest BCUT2D eigenvalue weighted by Gasteiger charge is -2.39. The minimum atomic E-state index is -2.03. The second-order valence-electron chi connectivity index (χ2n) is 12.7. The summed E-state index contributed by atoms with van der Waals surface area (Å²) in [5.74, 6) is 0.807. The lowest BCUT2D eigenvalue weighted by molar-refractivity contribution is -0.175. The van der Waals surface area contributed by atoms with Gasteiger partial charge in [0.05, 0.1) is 30.6 Å². The molecule has 226 valence electrons. The molecule has 5 rings (SSSR count). The van der Waals surface area contributed by atoms with Crippen LogP contribution in [-0.4, -0.2) is 81.3 Å². The molecule has 1 saturated heterocycles. The van der Waals surface area contributed by atoms with Gasteiger partial charge in [-0.25, -0.2) is 4.79 Å². The summed E-state index contributed by atoms with van der Waals surface area (Å²) in [5.41, 5.74) is -1.26. The molecule has 9 nitrogen and oxygen atoms in total. The number of thioether (sulfide) groups is 1. The smallest absolute Gasteiger partial charge is 0.339 e. The van der Waals surface area contributed by atoms with E-state index in [-0.39, 0.29) is 35.9 Å². The minimum absolute atomic E-state index is 0.00379. The van der Waals surface area contributed by atoms with Crippen molar-refractivity contribution in [2.24, 2.45) is 0 Å². The van der Waals surface area contributed by atoms with Crippen molar-refractivity contribution >= 4 is 22.8 Å². The van der Waals surface area contributed by atoms with Gasteiger partial charge < -0.3 is 29.2 Å². The minimum Gasteiger partial charge on any atom is -0.497 e. The van der Waals surface area contributed by atoms with Crippen molar-refractivity contribution < 1.29 is 38.7 Å². The maximum absolute atomic E-state index is 14.0. The Morgan fingerprint density at radius 3 is 2.59 bits per heavy atom. The molecule has 3 aliphatic heterocycles. The van der Waals surface area contributed by atoms with Crippen molar-refractivity contribution in [1.29, 1.82) is 0 Å². The molecule has 1 fully saturated rings. The molecule has 1 aromatic carbocycles. The van der Waals surface area contributed by atoms with Crippen LogP contribution in [0, 0.1) is 0 Å². The summed E-state index contributed by atoms with van der Waals surface area (Å²) in [6.45, 7) is 9.08. The third-order valence-electron chi connectivity index (χ3n) is 8.76. The van der Waals surface area contributed by atoms with Crippen molar-refractivity contribution in [3.63, 3.8) is 0 Å². The van der Waals surface area contributed by atoms with Gasteiger partial charge in [0, 0.05) is 11.8 Å². The van der Waals surface area contributed by atoms with Gasteiger partial charge in [0.1, 0.15) is 5.76 Å². The van der Waals surface area contributed by atoms with Crippen LogP contribution in [0.4, 0.5) is 0 Å². The average Bonchev–Trinajstić information content (AvgIpc) is 3.56. The van der Waals surface area contributed by atoms with Crippen LogP contribution in [0.5, 0.6) is 11.5 Å². The van der Waals surface area contributed by atoms with E-state index in [9.17, 15) is 19.8 Å². The van der Waals surface area contributed by atoms with Crippen molar-refractivity contribution in [2.45, 2.75) is 107 Å². The van der Waals surface area contributed by atoms with E-state index in [1.807, 2.05) is 26.0 Å². The summed E-state index contributed by atoms with van der Waals surface area (Å²) in [6, 6.07) is 4.05. The Bertz CT molecular complexity index is 1210. The first-order valence-corrected chi connectivity index (χ1v) is 15.5. The zero-order valence-corrected chi connectivity index (χ0v) is 25.6. The molecule has 10 heteroatoms. The van der Waals surface area contributed by atoms with Gasteiger partial charge in [0.25, 0.3) is 0 Å². The number of hydrogen-bond donors (Lipinski definition) is 2. The Morgan fingerprint density at radius 1 is 1.17 bits per heavy atom. The Hall–Kier alpha value is -2.27. The monoisotopic (exact) mass is 589 g/mol. The van der Waals surface area contributed by atoms with E-state index < -0.39 is 28.8 Å². The second kappa shape index (κ2) is 11.4. The van der Waals surface area contributed by atoms with E-state index in [2.05, 4.69) is 11.0 Å². The lowest BCUT2D eigenvalue weighted by Crippen LogP contribution is -2.49. The Balaban J connectivity index is 1.49. The summed E-state index contributed by atoms with van der Waals surface area (Å²) in [4.78, 5) is 29.3. The highest BCUT2D eigenvalue weighted by molar-refractivity contribution is 8.14. The number of benzene rings is 1. The van der Waals surface area contributed by atoms with Crippen LogP contribution < -0.4 is 9.47 Å². The van der Waals surface area contributed by atoms with Gasteiger partial charge in [-0.1, -0.05) is 25.6 Å². The number of carbonyl (C=O) groups is 2. The van der Waals surface area contributed by atoms with Crippen LogP contribution >= 0.6 is 11.8 Å². The van der Waals surface area contributed by atoms with Crippen LogP contribution in [-0.2, 0) is 25.5 Å². The Kier molecular flexibility index (Phi) is 8.42. The van der Waals surface area contributed by atoms with Gasteiger partial charge in [0.15, 0.2) is 28.3 Å². The van der Waals surface area contributed by atoms with E-state index in [0.29, 0.717) is 30.1 Å². The van der Waals surface area contributed by atoms with Crippen molar-refractivity contribution in [3.05, 3.63) is 35.1 Å². The first kappa shape index (κ1) is 30.2. The number of aliphatic hydroxyl groups is 2. The highest BCUT2D eigenvalue weighted by Gasteiger charge is 2.59. The number of rotatable bonds is 10. The third kappa shape index (κ3) is 5.98. The van der Waals surface area contributed by atoms with Crippen LogP contribution in [0.2, 0.25) is 0 Å². The van der Waals surface area contributed by atoms with E-state index in [0.717, 1.165) is 55.2 Å². The standard InChI is InChI=1S/C31H43NO8S/c1-19(2)41-25(33)17-31(36,11-6-9-29(3,4)35)28(34)40-27-24(37-5)16-30-10-7-12-32(30)13-8-20-14-22-23(39-18-38-22)15-21(20)26(27)30/h14-16,19,26-27,35-36H,6-13,17-18H2,1-5H3. The summed E-state index contributed by atoms with van der Waals surface area (Å²) in [7, 11) is 1.58. The highest BCUT2D eigenvalue weighted by atomic mass is 32.2. The summed E-state index contributed by atoms with van der Waals surface area (Å²) < 4.78 is 23.5. The highest BCUT2D eigenvalue weighted by Crippen LogP contribution is 2.55. The second-order valence-corrected chi connectivity index (χ2v) is 14.3. The van der Waals surface area contributed by atoms with Crippen molar-refractivity contribution in [2.75, 3.05) is 27.0 Å². The van der Waals surface area contributed by atoms with E-state index >= 15 is 0 Å². The van der Waals surface area contributed by atoms with Gasteiger partial charge in [-0.3, -0.25) is 9.69 Å². The number of nitrogens with zero attached hydrogens (tertiary/aromatic N) is 1. The van der Waals surface area contributed by atoms with Crippen molar-refractivity contribution in [3.8, 4) is 11.5 Å². The predicted molar refractivity (Wildman–Crippen MR) is 155 cm³/mol. The molecule has 0 amide bonds. The quantitative estimate of drug-likeness (QED) is 0.387. The average molecular weight is 590 g/mol. The van der Waals surface area contributed by atoms with Crippen LogP contribution in [0.3, 0.4) is 0 Å². The first-order valence-electron chi connectivity index (χ1n) is 14.6. The molecule has 0 saturated carbocycles. The SMILES string of the molecule is COC1=CC23CCCN2CCc2cc4c(cc2C3C1OC(=O)C(O)(CCCC(C)(C)O)CC(=O)SC(C)C)OCO4. The topological polar surface area (TPSA) is 115 Å². The number of hydrogen-bond acceptors (Lipinski definition) is 10. The van der Waals surface area contributed by atoms with Gasteiger partial charge in [-0.05, 0) is 88.3 Å². The molecule has 1 aromatic rings. The Morgan fingerprint density at radius 2 is 1.90 bits per heavy atom. The van der Waals surface area contributed by atoms with E-state index in [1.165, 1.54) is 0 Å². The number of esters is 1. The molecule has 3 heterocycles. The van der Waals surface area contributed by atoms with E-state index in [4.69, 9.17) is 18.9 Å². The molecule has 0 radical (unpaired) electrons. The molecule has 1 spiro atoms. The maximum Gasteiger partial charge on any atom is 0.339 e. The lowest BCUT2D eigenvalue weighted by atomic mass is 9.77. The fraction of sp³-hybridized carbons (Fsp3) is 0.677. The predicted octanol–water partition coefficient (Wildman–Crippen LogP) is 4.08. The molecular formula is C31H43NO8S. The van der Waals surface area contributed by atoms with Crippen LogP contribution in [0.15, 0.2) is 24.0 Å². The van der Waals surface area contributed by atoms with Gasteiger partial charge in [-0.15, -0.1) is 0 Å². The molecule has 0 aromatic heterocycles. The zero-order valence-electron chi connectivity index (χ0n) is 24.7. The molecule has 4 aliphatic rings. The molecule has 4 atom stereocenters. The third-order valence-corrected chi connectivity index (χ3v) is 9.64. The number of fused-ring (bicyclic) bond motifs is 3. The van der Waals surface area contributed by atoms with Crippen molar-refractivity contribution in [1.82, 2.24) is 4.90 Å². The normalized spacial score (nSPS) is 26.5. The molecule has 4 unspecified atom stereocenters.